The summed E-state index contributed by atoms with van der Waals surface area (Å²) in [4.78, 5) is 12.9. The number of thioether (sulfide) groups is 1. The van der Waals surface area contributed by atoms with Crippen LogP contribution in [-0.2, 0) is 10.5 Å². The number of imidazole rings is 1. The summed E-state index contributed by atoms with van der Waals surface area (Å²) in [5, 5.41) is 31.3. The van der Waals surface area contributed by atoms with Gasteiger partial charge in [0, 0.05) is 15.8 Å². The number of aliphatic hydroxyl groups excluding tert-OH is 3. The maximum Gasteiger partial charge on any atom is 0.166 e. The molecule has 3 heterocycles. The van der Waals surface area contributed by atoms with E-state index < -0.39 is 31.1 Å². The second-order valence-electron chi connectivity index (χ2n) is 6.26. The molecule has 3 aromatic rings. The zero-order valence-electron chi connectivity index (χ0n) is 14.3. The van der Waals surface area contributed by atoms with Gasteiger partial charge in [-0.05, 0) is 17.7 Å². The highest BCUT2D eigenvalue weighted by atomic mass is 35.5. The zero-order chi connectivity index (χ0) is 19.8. The van der Waals surface area contributed by atoms with Crippen LogP contribution in [0.4, 0.5) is 0 Å². The van der Waals surface area contributed by atoms with Gasteiger partial charge in [0.1, 0.15) is 35.2 Å². The minimum absolute atomic E-state index is 0.403. The maximum absolute atomic E-state index is 10.3. The van der Waals surface area contributed by atoms with Crippen molar-refractivity contribution in [2.75, 3.05) is 6.61 Å². The van der Waals surface area contributed by atoms with Crippen LogP contribution in [0.15, 0.2) is 35.9 Å². The Hall–Kier alpha value is -1.46. The molecule has 11 heteroatoms. The highest BCUT2D eigenvalue weighted by molar-refractivity contribution is 7.98. The van der Waals surface area contributed by atoms with Crippen LogP contribution in [0, 0.1) is 0 Å². The third-order valence-corrected chi connectivity index (χ3v) is 6.11. The normalized spacial score (nSPS) is 24.9. The fourth-order valence-electron chi connectivity index (χ4n) is 3.02. The minimum atomic E-state index is -1.21. The predicted molar refractivity (Wildman–Crippen MR) is 104 cm³/mol. The van der Waals surface area contributed by atoms with Crippen LogP contribution in [0.2, 0.25) is 10.0 Å². The van der Waals surface area contributed by atoms with Crippen molar-refractivity contribution in [3.05, 3.63) is 46.5 Å². The molecule has 8 nitrogen and oxygen atoms in total. The van der Waals surface area contributed by atoms with Crippen molar-refractivity contribution < 1.29 is 20.1 Å². The molecule has 28 heavy (non-hydrogen) atoms. The Kier molecular flexibility index (Phi) is 5.75. The lowest BCUT2D eigenvalue weighted by Gasteiger charge is -2.16. The first-order valence-electron chi connectivity index (χ1n) is 8.36. The Balaban J connectivity index is 1.60. The van der Waals surface area contributed by atoms with Crippen molar-refractivity contribution in [3.8, 4) is 0 Å². The number of ether oxygens (including phenoxy) is 1. The third-order valence-electron chi connectivity index (χ3n) is 4.50. The van der Waals surface area contributed by atoms with E-state index in [1.54, 1.807) is 12.1 Å². The second-order valence-corrected chi connectivity index (χ2v) is 8.06. The minimum Gasteiger partial charge on any atom is -0.394 e. The Morgan fingerprint density at radius 1 is 1.14 bits per heavy atom. The number of benzene rings is 1. The molecule has 1 aliphatic heterocycles. The van der Waals surface area contributed by atoms with Crippen molar-refractivity contribution in [3.63, 3.8) is 0 Å². The first kappa shape index (κ1) is 19.8. The molecule has 4 rings (SSSR count). The Bertz CT molecular complexity index is 1000. The average Bonchev–Trinajstić information content (AvgIpc) is 3.23. The Labute approximate surface area is 174 Å². The van der Waals surface area contributed by atoms with E-state index in [9.17, 15) is 15.3 Å². The number of aliphatic hydroxyl groups is 3. The van der Waals surface area contributed by atoms with E-state index >= 15 is 0 Å². The molecule has 4 atom stereocenters. The number of halogens is 2. The summed E-state index contributed by atoms with van der Waals surface area (Å²) in [7, 11) is 0. The van der Waals surface area contributed by atoms with Gasteiger partial charge in [0.15, 0.2) is 11.9 Å². The molecule has 0 unspecified atom stereocenters. The fraction of sp³-hybridized carbons (Fsp3) is 0.353. The van der Waals surface area contributed by atoms with Crippen molar-refractivity contribution in [2.45, 2.75) is 35.3 Å². The van der Waals surface area contributed by atoms with Gasteiger partial charge in [-0.25, -0.2) is 15.0 Å². The van der Waals surface area contributed by atoms with Crippen molar-refractivity contribution in [2.24, 2.45) is 0 Å². The molecule has 0 saturated carbocycles. The first-order chi connectivity index (χ1) is 13.5. The summed E-state index contributed by atoms with van der Waals surface area (Å²) < 4.78 is 7.09. The van der Waals surface area contributed by atoms with Gasteiger partial charge >= 0.3 is 0 Å². The van der Waals surface area contributed by atoms with Crippen LogP contribution in [-0.4, -0.2) is 59.8 Å². The van der Waals surface area contributed by atoms with Gasteiger partial charge in [-0.15, -0.1) is 0 Å². The highest BCUT2D eigenvalue weighted by Gasteiger charge is 2.44. The summed E-state index contributed by atoms with van der Waals surface area (Å²) in [6, 6.07) is 5.31. The zero-order valence-corrected chi connectivity index (χ0v) is 16.6. The van der Waals surface area contributed by atoms with Gasteiger partial charge in [0.2, 0.25) is 0 Å². The molecule has 0 spiro atoms. The van der Waals surface area contributed by atoms with Crippen molar-refractivity contribution >= 4 is 46.1 Å². The quantitative estimate of drug-likeness (QED) is 0.406. The van der Waals surface area contributed by atoms with Crippen molar-refractivity contribution in [1.82, 2.24) is 19.5 Å². The smallest absolute Gasteiger partial charge is 0.166 e. The summed E-state index contributed by atoms with van der Waals surface area (Å²) in [6.07, 6.45) is -1.33. The Morgan fingerprint density at radius 2 is 1.96 bits per heavy atom. The molecule has 148 valence electrons. The predicted octanol–water partition coefficient (Wildman–Crippen LogP) is 2.04. The lowest BCUT2D eigenvalue weighted by atomic mass is 10.1. The maximum atomic E-state index is 10.3. The fourth-order valence-corrected chi connectivity index (χ4v) is 4.52. The van der Waals surface area contributed by atoms with Gasteiger partial charge in [-0.2, -0.15) is 0 Å². The highest BCUT2D eigenvalue weighted by Crippen LogP contribution is 2.34. The topological polar surface area (TPSA) is 114 Å². The molecule has 1 fully saturated rings. The number of aromatic nitrogens is 4. The largest absolute Gasteiger partial charge is 0.394 e. The summed E-state index contributed by atoms with van der Waals surface area (Å²) in [5.41, 5.74) is 1.90. The van der Waals surface area contributed by atoms with Gasteiger partial charge < -0.3 is 20.1 Å². The number of hydrogen-bond donors (Lipinski definition) is 3. The monoisotopic (exact) mass is 442 g/mol. The number of rotatable bonds is 5. The number of fused-ring (bicyclic) bond motifs is 1. The van der Waals surface area contributed by atoms with Crippen LogP contribution < -0.4 is 0 Å². The molecular formula is C17H16Cl2N4O4S. The number of nitrogens with zero attached hydrogens (tertiary/aromatic N) is 4. The Morgan fingerprint density at radius 3 is 2.68 bits per heavy atom. The van der Waals surface area contributed by atoms with E-state index in [0.717, 1.165) is 5.56 Å². The van der Waals surface area contributed by atoms with Gasteiger partial charge in [-0.1, -0.05) is 41.0 Å². The number of hydrogen-bond acceptors (Lipinski definition) is 8. The summed E-state index contributed by atoms with van der Waals surface area (Å²) in [6.45, 7) is -0.403. The lowest BCUT2D eigenvalue weighted by Crippen LogP contribution is -2.33. The first-order valence-corrected chi connectivity index (χ1v) is 10.1. The van der Waals surface area contributed by atoms with E-state index in [2.05, 4.69) is 15.0 Å². The average molecular weight is 443 g/mol. The summed E-state index contributed by atoms with van der Waals surface area (Å²) in [5.74, 6) is 0.558. The van der Waals surface area contributed by atoms with Gasteiger partial charge in [0.25, 0.3) is 0 Å². The van der Waals surface area contributed by atoms with Crippen LogP contribution in [0.3, 0.4) is 0 Å². The van der Waals surface area contributed by atoms with Crippen molar-refractivity contribution in [1.29, 1.82) is 0 Å². The summed E-state index contributed by atoms with van der Waals surface area (Å²) >= 11 is 13.6. The van der Waals surface area contributed by atoms with Gasteiger partial charge in [-0.3, -0.25) is 4.57 Å². The second kappa shape index (κ2) is 8.11. The van der Waals surface area contributed by atoms with E-state index in [0.29, 0.717) is 32.0 Å². The van der Waals surface area contributed by atoms with E-state index in [1.165, 1.54) is 29.0 Å². The standard InChI is InChI=1S/C17H16Cl2N4O4S/c18-9-2-1-8(10(19)3-9)5-28-16-12-15(20-6-21-16)23(7-22-12)17-14(26)13(25)11(4-24)27-17/h1-3,6-7,11,13-14,17,24-26H,4-5H2/t11-,13-,14-,17-/m1/s1. The van der Waals surface area contributed by atoms with E-state index in [1.807, 2.05) is 6.07 Å². The molecule has 1 aliphatic rings. The molecule has 0 bridgehead atoms. The van der Waals surface area contributed by atoms with E-state index in [4.69, 9.17) is 27.9 Å². The molecule has 0 amide bonds. The van der Waals surface area contributed by atoms with Crippen LogP contribution >= 0.6 is 35.0 Å². The molecular weight excluding hydrogens is 427 g/mol. The molecule has 1 aromatic carbocycles. The van der Waals surface area contributed by atoms with Crippen LogP contribution in [0.5, 0.6) is 0 Å². The van der Waals surface area contributed by atoms with Crippen LogP contribution in [0.25, 0.3) is 11.2 Å². The molecule has 3 N–H and O–H groups in total. The third kappa shape index (κ3) is 3.59. The molecule has 0 radical (unpaired) electrons. The lowest BCUT2D eigenvalue weighted by molar-refractivity contribution is -0.0511. The van der Waals surface area contributed by atoms with Crippen LogP contribution in [0.1, 0.15) is 11.8 Å². The van der Waals surface area contributed by atoms with E-state index in [-0.39, 0.29) is 0 Å². The SMILES string of the molecule is OC[C@H]1O[C@@H](n2cnc3c(SCc4ccc(Cl)cc4Cl)ncnc32)[C@H](O)[C@@H]1O. The molecule has 0 aliphatic carbocycles. The molecule has 1 saturated heterocycles. The molecule has 2 aromatic heterocycles. The van der Waals surface area contributed by atoms with Gasteiger partial charge in [0.05, 0.1) is 12.9 Å².